The molecule has 9 heteroatoms. The lowest BCUT2D eigenvalue weighted by molar-refractivity contribution is -0.144. The summed E-state index contributed by atoms with van der Waals surface area (Å²) in [6.45, 7) is 1.59. The Morgan fingerprint density at radius 1 is 0.971 bits per heavy atom. The van der Waals surface area contributed by atoms with E-state index in [0.717, 1.165) is 29.3 Å². The van der Waals surface area contributed by atoms with E-state index >= 15 is 0 Å². The third-order valence-electron chi connectivity index (χ3n) is 6.06. The average molecular weight is 504 g/mol. The Hall–Kier alpha value is -3.33. The van der Waals surface area contributed by atoms with Crippen LogP contribution in [0.2, 0.25) is 0 Å². The van der Waals surface area contributed by atoms with Gasteiger partial charge in [-0.2, -0.15) is 13.2 Å². The topological polar surface area (TPSA) is 63.7 Å². The summed E-state index contributed by atoms with van der Waals surface area (Å²) in [5.74, 6) is -0.614. The van der Waals surface area contributed by atoms with E-state index < -0.39 is 43.7 Å². The van der Waals surface area contributed by atoms with Crippen molar-refractivity contribution in [3.8, 4) is 11.1 Å². The van der Waals surface area contributed by atoms with Crippen molar-refractivity contribution in [3.63, 3.8) is 0 Å². The van der Waals surface area contributed by atoms with Gasteiger partial charge in [-0.3, -0.25) is 0 Å². The van der Waals surface area contributed by atoms with Crippen LogP contribution in [0.5, 0.6) is 0 Å². The molecule has 35 heavy (non-hydrogen) atoms. The molecule has 2 unspecified atom stereocenters. The minimum absolute atomic E-state index is 0.0951. The summed E-state index contributed by atoms with van der Waals surface area (Å²) in [5.41, 5.74) is 1.03. The first-order valence-corrected chi connectivity index (χ1v) is 12.7. The number of halogens is 3. The van der Waals surface area contributed by atoms with Gasteiger partial charge >= 0.3 is 12.1 Å². The van der Waals surface area contributed by atoms with Crippen LogP contribution in [0.15, 0.2) is 83.8 Å². The highest BCUT2D eigenvalue weighted by molar-refractivity contribution is 7.92. The van der Waals surface area contributed by atoms with Crippen LogP contribution in [0.25, 0.3) is 11.1 Å². The Bertz CT molecular complexity index is 1310. The molecule has 2 atom stereocenters. The van der Waals surface area contributed by atoms with Gasteiger partial charge in [0.25, 0.3) is 0 Å². The molecule has 4 rings (SSSR count). The second kappa shape index (κ2) is 9.73. The molecule has 1 aliphatic heterocycles. The summed E-state index contributed by atoms with van der Waals surface area (Å²) in [6.07, 6.45) is -5.01. The van der Waals surface area contributed by atoms with Crippen LogP contribution in [-0.2, 0) is 25.5 Å². The number of alkyl halides is 3. The second-order valence-electron chi connectivity index (χ2n) is 8.20. The number of para-hydroxylation sites is 1. The van der Waals surface area contributed by atoms with Crippen molar-refractivity contribution in [3.05, 3.63) is 84.4 Å². The van der Waals surface area contributed by atoms with Gasteiger partial charge in [0.05, 0.1) is 22.3 Å². The predicted octanol–water partition coefficient (Wildman–Crippen LogP) is 5.36. The van der Waals surface area contributed by atoms with Crippen LogP contribution < -0.4 is 4.90 Å². The fourth-order valence-corrected chi connectivity index (χ4v) is 6.37. The molecular weight excluding hydrogens is 479 g/mol. The number of sulfone groups is 1. The second-order valence-corrected chi connectivity index (χ2v) is 10.4. The summed E-state index contributed by atoms with van der Waals surface area (Å²) >= 11 is 0. The molecule has 3 aromatic rings. The van der Waals surface area contributed by atoms with Gasteiger partial charge in [-0.05, 0) is 37.1 Å². The first kappa shape index (κ1) is 24.8. The van der Waals surface area contributed by atoms with E-state index in [0.29, 0.717) is 5.69 Å². The Labute approximate surface area is 202 Å². The minimum atomic E-state index is -4.83. The lowest BCUT2D eigenvalue weighted by Crippen LogP contribution is -2.37. The summed E-state index contributed by atoms with van der Waals surface area (Å²) in [4.78, 5) is 13.7. The highest BCUT2D eigenvalue weighted by Crippen LogP contribution is 2.40. The molecule has 3 aromatic carbocycles. The standard InChI is InChI=1S/C26H24F3NO4S/c1-2-34-25(31)23-16-19(35(32,33)24-15-9-7-13-21(24)26(27,28)29)17-30(23)22-14-8-6-12-20(22)18-10-4-3-5-11-18/h3-15,19,23H,2,16-17H2,1H3. The average Bonchev–Trinajstić information content (AvgIpc) is 3.31. The van der Waals surface area contributed by atoms with Gasteiger partial charge in [0, 0.05) is 17.8 Å². The van der Waals surface area contributed by atoms with Gasteiger partial charge in [0.1, 0.15) is 6.04 Å². The van der Waals surface area contributed by atoms with Crippen molar-refractivity contribution in [2.75, 3.05) is 18.1 Å². The van der Waals surface area contributed by atoms with E-state index in [-0.39, 0.29) is 19.6 Å². The molecular formula is C26H24F3NO4S. The van der Waals surface area contributed by atoms with Gasteiger partial charge in [0.15, 0.2) is 9.84 Å². The fraction of sp³-hybridized carbons (Fsp3) is 0.269. The molecule has 1 aliphatic rings. The molecule has 0 radical (unpaired) electrons. The summed E-state index contributed by atoms with van der Waals surface area (Å²) < 4.78 is 73.0. The fourth-order valence-electron chi connectivity index (χ4n) is 4.46. The Balaban J connectivity index is 1.78. The van der Waals surface area contributed by atoms with E-state index in [1.54, 1.807) is 24.0 Å². The van der Waals surface area contributed by atoms with Crippen LogP contribution in [0, 0.1) is 0 Å². The number of nitrogens with zero attached hydrogens (tertiary/aromatic N) is 1. The van der Waals surface area contributed by atoms with Gasteiger partial charge in [-0.15, -0.1) is 0 Å². The third kappa shape index (κ3) is 4.91. The lowest BCUT2D eigenvalue weighted by atomic mass is 10.0. The zero-order valence-electron chi connectivity index (χ0n) is 18.9. The van der Waals surface area contributed by atoms with E-state index in [2.05, 4.69) is 0 Å². The molecule has 0 N–H and O–H groups in total. The van der Waals surface area contributed by atoms with Gasteiger partial charge in [-0.25, -0.2) is 13.2 Å². The lowest BCUT2D eigenvalue weighted by Gasteiger charge is -2.27. The number of hydrogen-bond donors (Lipinski definition) is 0. The summed E-state index contributed by atoms with van der Waals surface area (Å²) in [5, 5.41) is -1.23. The van der Waals surface area contributed by atoms with Crippen molar-refractivity contribution in [2.24, 2.45) is 0 Å². The molecule has 0 aromatic heterocycles. The van der Waals surface area contributed by atoms with Gasteiger partial charge in [-0.1, -0.05) is 60.7 Å². The molecule has 0 bridgehead atoms. The molecule has 0 aliphatic carbocycles. The molecule has 0 saturated carbocycles. The quantitative estimate of drug-likeness (QED) is 0.424. The maximum absolute atomic E-state index is 13.6. The molecule has 0 amide bonds. The Morgan fingerprint density at radius 2 is 1.60 bits per heavy atom. The number of hydrogen-bond acceptors (Lipinski definition) is 5. The van der Waals surface area contributed by atoms with Crippen molar-refractivity contribution >= 4 is 21.5 Å². The van der Waals surface area contributed by atoms with Crippen molar-refractivity contribution in [2.45, 2.75) is 35.7 Å². The van der Waals surface area contributed by atoms with E-state index in [4.69, 9.17) is 4.74 Å². The summed E-state index contributed by atoms with van der Waals surface area (Å²) in [7, 11) is -4.42. The number of anilines is 1. The predicted molar refractivity (Wildman–Crippen MR) is 127 cm³/mol. The van der Waals surface area contributed by atoms with Crippen LogP contribution in [0.1, 0.15) is 18.9 Å². The minimum Gasteiger partial charge on any atom is -0.464 e. The number of ether oxygens (including phenoxy) is 1. The largest absolute Gasteiger partial charge is 0.464 e. The van der Waals surface area contributed by atoms with Crippen molar-refractivity contribution < 1.29 is 31.1 Å². The van der Waals surface area contributed by atoms with Crippen LogP contribution in [0.3, 0.4) is 0 Å². The van der Waals surface area contributed by atoms with E-state index in [1.165, 1.54) is 6.07 Å². The zero-order valence-corrected chi connectivity index (χ0v) is 19.7. The summed E-state index contributed by atoms with van der Waals surface area (Å²) in [6, 6.07) is 19.8. The van der Waals surface area contributed by atoms with Crippen LogP contribution in [-0.4, -0.2) is 38.8 Å². The van der Waals surface area contributed by atoms with E-state index in [1.807, 2.05) is 42.5 Å². The molecule has 0 spiro atoms. The van der Waals surface area contributed by atoms with Crippen LogP contribution in [0.4, 0.5) is 18.9 Å². The number of carbonyl (C=O) groups is 1. The first-order chi connectivity index (χ1) is 16.6. The van der Waals surface area contributed by atoms with Crippen molar-refractivity contribution in [1.29, 1.82) is 0 Å². The van der Waals surface area contributed by atoms with E-state index in [9.17, 15) is 26.4 Å². The Kier molecular flexibility index (Phi) is 6.89. The zero-order chi connectivity index (χ0) is 25.2. The highest BCUT2D eigenvalue weighted by Gasteiger charge is 2.47. The number of benzene rings is 3. The molecule has 5 nitrogen and oxygen atoms in total. The Morgan fingerprint density at radius 3 is 2.29 bits per heavy atom. The maximum Gasteiger partial charge on any atom is 0.417 e. The molecule has 1 heterocycles. The highest BCUT2D eigenvalue weighted by atomic mass is 32.2. The number of esters is 1. The third-order valence-corrected chi connectivity index (χ3v) is 8.25. The normalized spacial score (nSPS) is 18.5. The molecule has 184 valence electrons. The van der Waals surface area contributed by atoms with Crippen molar-refractivity contribution in [1.82, 2.24) is 0 Å². The van der Waals surface area contributed by atoms with Gasteiger partial charge < -0.3 is 9.64 Å². The molecule has 1 saturated heterocycles. The first-order valence-electron chi connectivity index (χ1n) is 11.1. The van der Waals surface area contributed by atoms with Crippen LogP contribution >= 0.6 is 0 Å². The molecule has 1 fully saturated rings. The SMILES string of the molecule is CCOC(=O)C1CC(S(=O)(=O)c2ccccc2C(F)(F)F)CN1c1ccccc1-c1ccccc1. The number of carbonyl (C=O) groups excluding carboxylic acids is 1. The number of rotatable bonds is 6. The smallest absolute Gasteiger partial charge is 0.417 e. The monoisotopic (exact) mass is 503 g/mol. The van der Waals surface area contributed by atoms with Gasteiger partial charge in [0.2, 0.25) is 0 Å². The maximum atomic E-state index is 13.6.